The molecule has 0 unspecified atom stereocenters. The van der Waals surface area contributed by atoms with E-state index in [2.05, 4.69) is 14.8 Å². The van der Waals surface area contributed by atoms with Gasteiger partial charge in [0.25, 0.3) is 0 Å². The van der Waals surface area contributed by atoms with Crippen LogP contribution in [0, 0.1) is 0 Å². The van der Waals surface area contributed by atoms with Gasteiger partial charge < -0.3 is 14.8 Å². The summed E-state index contributed by atoms with van der Waals surface area (Å²) in [5.41, 5.74) is 0.928. The fourth-order valence-corrected chi connectivity index (χ4v) is 1.25. The molecule has 1 amide bonds. The Hall–Kier alpha value is -2.25. The molecule has 0 heterocycles. The monoisotopic (exact) mass is 291 g/mol. The van der Waals surface area contributed by atoms with Gasteiger partial charge in [-0.2, -0.15) is 13.2 Å². The minimum absolute atomic E-state index is 0.0157. The van der Waals surface area contributed by atoms with E-state index >= 15 is 0 Å². The van der Waals surface area contributed by atoms with E-state index in [1.807, 2.05) is 0 Å². The van der Waals surface area contributed by atoms with Gasteiger partial charge >= 0.3 is 18.2 Å². The SMILES string of the molecule is COC(=O)c1ccc(CNC(=O)OCC(F)(F)F)cc1. The van der Waals surface area contributed by atoms with Gasteiger partial charge in [-0.05, 0) is 17.7 Å². The molecule has 0 bridgehead atoms. The van der Waals surface area contributed by atoms with Crippen LogP contribution in [0.2, 0.25) is 0 Å². The first kappa shape index (κ1) is 15.8. The van der Waals surface area contributed by atoms with Gasteiger partial charge in [-0.3, -0.25) is 0 Å². The topological polar surface area (TPSA) is 64.6 Å². The molecule has 1 N–H and O–H groups in total. The molecule has 0 atom stereocenters. The summed E-state index contributed by atoms with van der Waals surface area (Å²) in [5.74, 6) is -0.505. The lowest BCUT2D eigenvalue weighted by atomic mass is 10.1. The number of carbonyl (C=O) groups excluding carboxylic acids is 2. The van der Waals surface area contributed by atoms with Crippen molar-refractivity contribution in [1.82, 2.24) is 5.32 Å². The van der Waals surface area contributed by atoms with E-state index in [-0.39, 0.29) is 6.54 Å². The minimum atomic E-state index is -4.56. The van der Waals surface area contributed by atoms with Crippen molar-refractivity contribution in [3.63, 3.8) is 0 Å². The highest BCUT2D eigenvalue weighted by atomic mass is 19.4. The number of ether oxygens (including phenoxy) is 2. The van der Waals surface area contributed by atoms with Crippen LogP contribution in [-0.4, -0.2) is 32.0 Å². The van der Waals surface area contributed by atoms with Crippen LogP contribution in [-0.2, 0) is 16.0 Å². The molecule has 0 aliphatic carbocycles. The van der Waals surface area contributed by atoms with Crippen LogP contribution < -0.4 is 5.32 Å². The molecule has 0 saturated carbocycles. The molecule has 20 heavy (non-hydrogen) atoms. The number of esters is 1. The zero-order valence-corrected chi connectivity index (χ0v) is 10.5. The zero-order chi connectivity index (χ0) is 15.2. The highest BCUT2D eigenvalue weighted by Gasteiger charge is 2.29. The van der Waals surface area contributed by atoms with Gasteiger partial charge in [-0.15, -0.1) is 0 Å². The van der Waals surface area contributed by atoms with Gasteiger partial charge in [0.15, 0.2) is 6.61 Å². The molecule has 0 aromatic heterocycles. The molecule has 110 valence electrons. The Kier molecular flexibility index (Phi) is 5.36. The zero-order valence-electron chi connectivity index (χ0n) is 10.5. The first-order valence-electron chi connectivity index (χ1n) is 5.46. The molecule has 1 aromatic rings. The molecule has 0 saturated heterocycles. The van der Waals surface area contributed by atoms with Crippen LogP contribution in [0.15, 0.2) is 24.3 Å². The number of rotatable bonds is 4. The van der Waals surface area contributed by atoms with E-state index in [1.165, 1.54) is 31.4 Å². The number of alkyl halides is 3. The van der Waals surface area contributed by atoms with Crippen molar-refractivity contribution in [1.29, 1.82) is 0 Å². The third-order valence-corrected chi connectivity index (χ3v) is 2.18. The van der Waals surface area contributed by atoms with Crippen LogP contribution in [0.25, 0.3) is 0 Å². The number of nitrogens with one attached hydrogen (secondary N) is 1. The summed E-state index contributed by atoms with van der Waals surface area (Å²) in [6, 6.07) is 6.03. The standard InChI is InChI=1S/C12H12F3NO4/c1-19-10(17)9-4-2-8(3-5-9)6-16-11(18)20-7-12(13,14)15/h2-5H,6-7H2,1H3,(H,16,18). The summed E-state index contributed by atoms with van der Waals surface area (Å²) < 4.78 is 43.8. The van der Waals surface area contributed by atoms with E-state index in [9.17, 15) is 22.8 Å². The third-order valence-electron chi connectivity index (χ3n) is 2.18. The lowest BCUT2D eigenvalue weighted by Gasteiger charge is -2.09. The Morgan fingerprint density at radius 2 is 1.80 bits per heavy atom. The van der Waals surface area contributed by atoms with Crippen LogP contribution >= 0.6 is 0 Å². The van der Waals surface area contributed by atoms with Crippen molar-refractivity contribution in [3.8, 4) is 0 Å². The summed E-state index contributed by atoms with van der Waals surface area (Å²) >= 11 is 0. The van der Waals surface area contributed by atoms with Gasteiger partial charge in [-0.25, -0.2) is 9.59 Å². The minimum Gasteiger partial charge on any atom is -0.465 e. The Labute approximate surface area is 112 Å². The maximum atomic E-state index is 11.8. The molecule has 1 aromatic carbocycles. The maximum absolute atomic E-state index is 11.8. The molecule has 8 heteroatoms. The molecule has 0 aliphatic rings. The predicted octanol–water partition coefficient (Wildman–Crippen LogP) is 2.26. The van der Waals surface area contributed by atoms with E-state index in [0.29, 0.717) is 11.1 Å². The number of methoxy groups -OCH3 is 1. The average molecular weight is 291 g/mol. The Morgan fingerprint density at radius 1 is 1.20 bits per heavy atom. The maximum Gasteiger partial charge on any atom is 0.422 e. The van der Waals surface area contributed by atoms with E-state index < -0.39 is 24.8 Å². The van der Waals surface area contributed by atoms with Gasteiger partial charge in [-0.1, -0.05) is 12.1 Å². The van der Waals surface area contributed by atoms with Gasteiger partial charge in [0.05, 0.1) is 12.7 Å². The second-order valence-electron chi connectivity index (χ2n) is 3.73. The molecule has 0 aliphatic heterocycles. The lowest BCUT2D eigenvalue weighted by Crippen LogP contribution is -2.28. The second kappa shape index (κ2) is 6.78. The summed E-state index contributed by atoms with van der Waals surface area (Å²) in [6.07, 6.45) is -5.72. The number of hydrogen-bond acceptors (Lipinski definition) is 4. The normalized spacial score (nSPS) is 10.8. The lowest BCUT2D eigenvalue weighted by molar-refractivity contribution is -0.160. The van der Waals surface area contributed by atoms with E-state index in [1.54, 1.807) is 0 Å². The Bertz CT molecular complexity index is 471. The molecule has 0 spiro atoms. The van der Waals surface area contributed by atoms with E-state index in [4.69, 9.17) is 0 Å². The van der Waals surface area contributed by atoms with Gasteiger partial charge in [0, 0.05) is 6.54 Å². The highest BCUT2D eigenvalue weighted by Crippen LogP contribution is 2.14. The fourth-order valence-electron chi connectivity index (χ4n) is 1.25. The quantitative estimate of drug-likeness (QED) is 0.864. The summed E-state index contributed by atoms with van der Waals surface area (Å²) in [6.45, 7) is -1.65. The largest absolute Gasteiger partial charge is 0.465 e. The number of hydrogen-bond donors (Lipinski definition) is 1. The molecule has 1 rings (SSSR count). The number of amides is 1. The smallest absolute Gasteiger partial charge is 0.422 e. The molecule has 5 nitrogen and oxygen atoms in total. The molecule has 0 fully saturated rings. The molecular weight excluding hydrogens is 279 g/mol. The number of alkyl carbamates (subject to hydrolysis) is 1. The fraction of sp³-hybridized carbons (Fsp3) is 0.333. The number of carbonyl (C=O) groups is 2. The Morgan fingerprint density at radius 3 is 2.30 bits per heavy atom. The van der Waals surface area contributed by atoms with Gasteiger partial charge in [0.2, 0.25) is 0 Å². The summed E-state index contributed by atoms with van der Waals surface area (Å²) in [5, 5.41) is 2.16. The summed E-state index contributed by atoms with van der Waals surface area (Å²) in [7, 11) is 1.24. The van der Waals surface area contributed by atoms with Gasteiger partial charge in [0.1, 0.15) is 0 Å². The number of benzene rings is 1. The van der Waals surface area contributed by atoms with Crippen molar-refractivity contribution in [2.24, 2.45) is 0 Å². The summed E-state index contributed by atoms with van der Waals surface area (Å²) in [4.78, 5) is 22.1. The van der Waals surface area contributed by atoms with Crippen molar-refractivity contribution in [2.75, 3.05) is 13.7 Å². The molecular formula is C12H12F3NO4. The van der Waals surface area contributed by atoms with Crippen LogP contribution in [0.5, 0.6) is 0 Å². The number of halogens is 3. The highest BCUT2D eigenvalue weighted by molar-refractivity contribution is 5.89. The average Bonchev–Trinajstić information content (AvgIpc) is 2.41. The first-order chi connectivity index (χ1) is 9.31. The van der Waals surface area contributed by atoms with Crippen LogP contribution in [0.4, 0.5) is 18.0 Å². The van der Waals surface area contributed by atoms with Crippen LogP contribution in [0.3, 0.4) is 0 Å². The third kappa shape index (κ3) is 5.59. The first-order valence-corrected chi connectivity index (χ1v) is 5.46. The van der Waals surface area contributed by atoms with Crippen molar-refractivity contribution >= 4 is 12.1 Å². The predicted molar refractivity (Wildman–Crippen MR) is 62.0 cm³/mol. The molecule has 0 radical (unpaired) electrons. The van der Waals surface area contributed by atoms with E-state index in [0.717, 1.165) is 0 Å². The second-order valence-corrected chi connectivity index (χ2v) is 3.73. The van der Waals surface area contributed by atoms with Crippen molar-refractivity contribution < 1.29 is 32.2 Å². The van der Waals surface area contributed by atoms with Crippen LogP contribution in [0.1, 0.15) is 15.9 Å². The van der Waals surface area contributed by atoms with Crippen molar-refractivity contribution in [3.05, 3.63) is 35.4 Å². The van der Waals surface area contributed by atoms with Crippen molar-refractivity contribution in [2.45, 2.75) is 12.7 Å². The Balaban J connectivity index is 2.42.